The van der Waals surface area contributed by atoms with Crippen LogP contribution in [0.5, 0.6) is 0 Å². The van der Waals surface area contributed by atoms with Crippen molar-refractivity contribution in [3.8, 4) is 0 Å². The van der Waals surface area contributed by atoms with Gasteiger partial charge in [-0.2, -0.15) is 0 Å². The number of carbonyl (C=O) groups excluding carboxylic acids is 1. The summed E-state index contributed by atoms with van der Waals surface area (Å²) in [5.41, 5.74) is 4.93. The molecular weight excluding hydrogens is 452 g/mol. The maximum absolute atomic E-state index is 13.4. The summed E-state index contributed by atoms with van der Waals surface area (Å²) in [6, 6.07) is 6.25. The van der Waals surface area contributed by atoms with Gasteiger partial charge in [-0.1, -0.05) is 12.8 Å². The second kappa shape index (κ2) is 12.8. The summed E-state index contributed by atoms with van der Waals surface area (Å²) in [6.07, 6.45) is 6.92. The maximum atomic E-state index is 13.4. The van der Waals surface area contributed by atoms with E-state index in [0.29, 0.717) is 29.3 Å². The zero-order valence-electron chi connectivity index (χ0n) is 22.5. The van der Waals surface area contributed by atoms with E-state index >= 15 is 0 Å². The molecule has 0 aliphatic heterocycles. The predicted octanol–water partition coefficient (Wildman–Crippen LogP) is 3.66. The van der Waals surface area contributed by atoms with Crippen molar-refractivity contribution in [2.75, 3.05) is 39.5 Å². The lowest BCUT2D eigenvalue weighted by Crippen LogP contribution is -2.29. The summed E-state index contributed by atoms with van der Waals surface area (Å²) >= 11 is 0. The van der Waals surface area contributed by atoms with Crippen molar-refractivity contribution < 1.29 is 4.79 Å². The molecule has 1 amide bonds. The summed E-state index contributed by atoms with van der Waals surface area (Å²) < 4.78 is 0. The van der Waals surface area contributed by atoms with Crippen LogP contribution >= 0.6 is 0 Å². The molecule has 8 heteroatoms. The highest BCUT2D eigenvalue weighted by Gasteiger charge is 2.21. The Morgan fingerprint density at radius 3 is 2.50 bits per heavy atom. The Kier molecular flexibility index (Phi) is 9.84. The fraction of sp³-hybridized carbons (Fsp3) is 0.536. The zero-order chi connectivity index (χ0) is 26.2. The molecule has 0 unspecified atom stereocenters. The Hall–Kier alpha value is -2.97. The molecule has 1 saturated carbocycles. The van der Waals surface area contributed by atoms with Gasteiger partial charge in [0, 0.05) is 47.9 Å². The lowest BCUT2D eigenvalue weighted by Gasteiger charge is -2.22. The second-order valence-corrected chi connectivity index (χ2v) is 10.4. The average molecular weight is 495 g/mol. The molecule has 1 fully saturated rings. The van der Waals surface area contributed by atoms with Crippen LogP contribution in [0.3, 0.4) is 0 Å². The van der Waals surface area contributed by atoms with Gasteiger partial charge in [0.2, 0.25) is 0 Å². The summed E-state index contributed by atoms with van der Waals surface area (Å²) in [6.45, 7) is 6.54. The van der Waals surface area contributed by atoms with Gasteiger partial charge in [-0.15, -0.1) is 0 Å². The number of anilines is 1. The van der Waals surface area contributed by atoms with E-state index in [4.69, 9.17) is 5.41 Å². The van der Waals surface area contributed by atoms with Gasteiger partial charge in [-0.05, 0) is 96.7 Å². The second-order valence-electron chi connectivity index (χ2n) is 10.4. The van der Waals surface area contributed by atoms with E-state index < -0.39 is 0 Å². The highest BCUT2D eigenvalue weighted by molar-refractivity contribution is 6.05. The van der Waals surface area contributed by atoms with E-state index in [-0.39, 0.29) is 18.0 Å². The van der Waals surface area contributed by atoms with Crippen molar-refractivity contribution >= 4 is 17.8 Å². The number of H-pyrrole nitrogens is 1. The Labute approximate surface area is 215 Å². The van der Waals surface area contributed by atoms with E-state index in [1.807, 2.05) is 26.0 Å². The molecule has 196 valence electrons. The average Bonchev–Trinajstić information content (AvgIpc) is 3.30. The highest BCUT2D eigenvalue weighted by atomic mass is 16.1. The third-order valence-electron chi connectivity index (χ3n) is 6.86. The Bertz CT molecular complexity index is 1120. The van der Waals surface area contributed by atoms with Gasteiger partial charge >= 0.3 is 0 Å². The highest BCUT2D eigenvalue weighted by Crippen LogP contribution is 2.27. The molecular formula is C28H42N6O2. The number of rotatable bonds is 12. The number of hydrogen-bond donors (Lipinski definition) is 4. The van der Waals surface area contributed by atoms with Crippen molar-refractivity contribution in [3.05, 3.63) is 62.1 Å². The van der Waals surface area contributed by atoms with Gasteiger partial charge in [0.1, 0.15) is 0 Å². The van der Waals surface area contributed by atoms with Crippen LogP contribution in [0.1, 0.15) is 70.4 Å². The number of aromatic amines is 1. The predicted molar refractivity (Wildman–Crippen MR) is 147 cm³/mol. The molecule has 0 bridgehead atoms. The Morgan fingerprint density at radius 2 is 1.86 bits per heavy atom. The normalized spacial score (nSPS) is 14.0. The van der Waals surface area contributed by atoms with Gasteiger partial charge in [0.05, 0.1) is 5.56 Å². The number of aromatic nitrogens is 1. The van der Waals surface area contributed by atoms with Crippen LogP contribution in [0.15, 0.2) is 23.0 Å². The standard InChI is InChI=1S/C28H42N6O2/c1-19-13-20(2)31-28(36)25(19)17-30-27(35)23-14-21(18-34(5)12-8-11-33(3)4)15-26(24(23)16-29)32-22-9-6-7-10-22/h13-16,22,29,32H,6-12,17-18H2,1-5H3,(H,30,35)(H,31,36). The fourth-order valence-electron chi connectivity index (χ4n) is 4.97. The fourth-order valence-corrected chi connectivity index (χ4v) is 4.97. The molecule has 4 N–H and O–H groups in total. The van der Waals surface area contributed by atoms with Gasteiger partial charge in [-0.25, -0.2) is 0 Å². The van der Waals surface area contributed by atoms with Gasteiger partial charge < -0.3 is 30.8 Å². The molecule has 1 aromatic carbocycles. The number of amides is 1. The molecule has 1 heterocycles. The number of nitrogens with zero attached hydrogens (tertiary/aromatic N) is 2. The maximum Gasteiger partial charge on any atom is 0.253 e. The molecule has 1 aliphatic rings. The molecule has 0 spiro atoms. The van der Waals surface area contributed by atoms with Crippen LogP contribution < -0.4 is 16.2 Å². The van der Waals surface area contributed by atoms with Crippen LogP contribution in [0.4, 0.5) is 5.69 Å². The summed E-state index contributed by atoms with van der Waals surface area (Å²) in [7, 11) is 6.25. The van der Waals surface area contributed by atoms with Crippen molar-refractivity contribution in [3.63, 3.8) is 0 Å². The number of nitrogens with one attached hydrogen (secondary N) is 4. The van der Waals surface area contributed by atoms with Crippen molar-refractivity contribution in [1.29, 1.82) is 5.41 Å². The molecule has 1 aromatic heterocycles. The third kappa shape index (κ3) is 7.51. The van der Waals surface area contributed by atoms with Crippen molar-refractivity contribution in [1.82, 2.24) is 20.1 Å². The summed E-state index contributed by atoms with van der Waals surface area (Å²) in [5, 5.41) is 14.7. The number of aryl methyl sites for hydroxylation is 2. The van der Waals surface area contributed by atoms with E-state index in [0.717, 1.165) is 54.9 Å². The molecule has 2 aromatic rings. The lowest BCUT2D eigenvalue weighted by molar-refractivity contribution is 0.0950. The molecule has 8 nitrogen and oxygen atoms in total. The minimum Gasteiger partial charge on any atom is -0.382 e. The van der Waals surface area contributed by atoms with Crippen molar-refractivity contribution in [2.45, 2.75) is 65.1 Å². The topological polar surface area (TPSA) is 104 Å². The van der Waals surface area contributed by atoms with Crippen LogP contribution in [0, 0.1) is 19.3 Å². The number of benzene rings is 1. The molecule has 36 heavy (non-hydrogen) atoms. The van der Waals surface area contributed by atoms with E-state index in [1.165, 1.54) is 19.1 Å². The molecule has 3 rings (SSSR count). The first kappa shape index (κ1) is 27.6. The molecule has 0 radical (unpaired) electrons. The number of carbonyl (C=O) groups is 1. The van der Waals surface area contributed by atoms with E-state index in [2.05, 4.69) is 52.6 Å². The van der Waals surface area contributed by atoms with Crippen LogP contribution in [0.25, 0.3) is 0 Å². The van der Waals surface area contributed by atoms with Gasteiger partial charge in [0.15, 0.2) is 0 Å². The van der Waals surface area contributed by atoms with Crippen molar-refractivity contribution in [2.24, 2.45) is 0 Å². The smallest absolute Gasteiger partial charge is 0.253 e. The number of hydrogen-bond acceptors (Lipinski definition) is 6. The minimum absolute atomic E-state index is 0.137. The van der Waals surface area contributed by atoms with E-state index in [9.17, 15) is 9.59 Å². The summed E-state index contributed by atoms with van der Waals surface area (Å²) in [5.74, 6) is -0.278. The van der Waals surface area contributed by atoms with E-state index in [1.54, 1.807) is 0 Å². The van der Waals surface area contributed by atoms with Gasteiger partial charge in [0.25, 0.3) is 11.5 Å². The summed E-state index contributed by atoms with van der Waals surface area (Å²) in [4.78, 5) is 33.1. The van der Waals surface area contributed by atoms with Crippen LogP contribution in [0.2, 0.25) is 0 Å². The number of pyridine rings is 1. The SMILES string of the molecule is Cc1cc(C)c(CNC(=O)c2cc(CN(C)CCCN(C)C)cc(NC3CCCC3)c2C=N)c(=O)[nH]1. The van der Waals surface area contributed by atoms with Gasteiger partial charge in [-0.3, -0.25) is 9.59 Å². The minimum atomic E-state index is -0.278. The van der Waals surface area contributed by atoms with Crippen LogP contribution in [-0.4, -0.2) is 67.2 Å². The monoisotopic (exact) mass is 494 g/mol. The Balaban J connectivity index is 1.85. The molecule has 0 atom stereocenters. The quantitative estimate of drug-likeness (QED) is 0.337. The largest absolute Gasteiger partial charge is 0.382 e. The molecule has 0 saturated heterocycles. The lowest BCUT2D eigenvalue weighted by atomic mass is 9.99. The zero-order valence-corrected chi connectivity index (χ0v) is 22.5. The first-order valence-electron chi connectivity index (χ1n) is 12.9. The Morgan fingerprint density at radius 1 is 1.14 bits per heavy atom. The first-order valence-corrected chi connectivity index (χ1v) is 12.9. The third-order valence-corrected chi connectivity index (χ3v) is 6.86. The van der Waals surface area contributed by atoms with Crippen LogP contribution in [-0.2, 0) is 13.1 Å². The first-order chi connectivity index (χ1) is 17.2. The molecule has 1 aliphatic carbocycles.